The van der Waals surface area contributed by atoms with Crippen molar-refractivity contribution in [1.82, 2.24) is 0 Å². The Morgan fingerprint density at radius 3 is 2.68 bits per heavy atom. The molecule has 1 aliphatic heterocycles. The minimum atomic E-state index is -4.36. The van der Waals surface area contributed by atoms with Crippen LogP contribution in [0.5, 0.6) is 0 Å². The lowest BCUT2D eigenvalue weighted by molar-refractivity contribution is -0.137. The first-order valence-corrected chi connectivity index (χ1v) is 6.19. The van der Waals surface area contributed by atoms with E-state index < -0.39 is 11.7 Å². The van der Waals surface area contributed by atoms with Gasteiger partial charge in [0.05, 0.1) is 23.5 Å². The summed E-state index contributed by atoms with van der Waals surface area (Å²) in [6.07, 6.45) is -3.41. The summed E-state index contributed by atoms with van der Waals surface area (Å²) in [5.74, 6) is 0.363. The molecule has 0 spiro atoms. The van der Waals surface area contributed by atoms with E-state index in [9.17, 15) is 13.2 Å². The van der Waals surface area contributed by atoms with Gasteiger partial charge in [0.2, 0.25) is 0 Å². The zero-order chi connectivity index (χ0) is 14.0. The van der Waals surface area contributed by atoms with E-state index in [1.807, 2.05) is 6.92 Å². The van der Waals surface area contributed by atoms with Crippen LogP contribution in [-0.2, 0) is 10.9 Å². The van der Waals surface area contributed by atoms with Crippen LogP contribution in [0.15, 0.2) is 18.2 Å². The number of nitrogens with one attached hydrogen (secondary N) is 1. The van der Waals surface area contributed by atoms with Crippen LogP contribution < -0.4 is 11.1 Å². The van der Waals surface area contributed by atoms with Crippen molar-refractivity contribution >= 4 is 11.4 Å². The Balaban J connectivity index is 2.08. The molecule has 2 atom stereocenters. The summed E-state index contributed by atoms with van der Waals surface area (Å²) in [6.45, 7) is 3.39. The van der Waals surface area contributed by atoms with E-state index in [-0.39, 0.29) is 11.7 Å². The quantitative estimate of drug-likeness (QED) is 0.832. The number of rotatable bonds is 3. The van der Waals surface area contributed by atoms with Gasteiger partial charge in [0.1, 0.15) is 0 Å². The lowest BCUT2D eigenvalue weighted by Crippen LogP contribution is -2.26. The van der Waals surface area contributed by atoms with Crippen molar-refractivity contribution in [3.63, 3.8) is 0 Å². The Hall–Kier alpha value is -1.43. The molecule has 0 radical (unpaired) electrons. The summed E-state index contributed by atoms with van der Waals surface area (Å²) >= 11 is 0. The molecular weight excluding hydrogens is 257 g/mol. The molecule has 2 unspecified atom stereocenters. The second-order valence-electron chi connectivity index (χ2n) is 4.86. The lowest BCUT2D eigenvalue weighted by atomic mass is 10.00. The molecule has 1 aromatic rings. The number of benzene rings is 1. The van der Waals surface area contributed by atoms with Crippen LogP contribution in [0.2, 0.25) is 0 Å². The fraction of sp³-hybridized carbons (Fsp3) is 0.538. The van der Waals surface area contributed by atoms with Crippen molar-refractivity contribution < 1.29 is 17.9 Å². The van der Waals surface area contributed by atoms with Crippen LogP contribution in [0.4, 0.5) is 24.5 Å². The van der Waals surface area contributed by atoms with Crippen LogP contribution in [0.25, 0.3) is 0 Å². The standard InChI is InChI=1S/C13H17F3N2O/c1-8(9-4-5-19-7-9)18-12-3-2-10(6-11(12)17)13(14,15)16/h2-3,6,8-9,18H,4-5,7,17H2,1H3. The molecule has 1 aliphatic rings. The molecule has 2 rings (SSSR count). The first kappa shape index (κ1) is 14.0. The zero-order valence-electron chi connectivity index (χ0n) is 10.6. The number of ether oxygens (including phenoxy) is 1. The molecule has 106 valence electrons. The van der Waals surface area contributed by atoms with Crippen molar-refractivity contribution in [1.29, 1.82) is 0 Å². The van der Waals surface area contributed by atoms with Crippen LogP contribution in [0.1, 0.15) is 18.9 Å². The van der Waals surface area contributed by atoms with E-state index in [2.05, 4.69) is 5.32 Å². The van der Waals surface area contributed by atoms with E-state index in [1.165, 1.54) is 6.07 Å². The maximum Gasteiger partial charge on any atom is 0.416 e. The molecule has 0 bridgehead atoms. The Morgan fingerprint density at radius 1 is 1.42 bits per heavy atom. The van der Waals surface area contributed by atoms with Crippen molar-refractivity contribution in [3.05, 3.63) is 23.8 Å². The molecule has 1 aromatic carbocycles. The van der Waals surface area contributed by atoms with Gasteiger partial charge in [0, 0.05) is 18.6 Å². The summed E-state index contributed by atoms with van der Waals surface area (Å²) in [7, 11) is 0. The number of alkyl halides is 3. The maximum absolute atomic E-state index is 12.5. The van der Waals surface area contributed by atoms with Gasteiger partial charge in [-0.25, -0.2) is 0 Å². The average molecular weight is 274 g/mol. The van der Waals surface area contributed by atoms with Gasteiger partial charge in [-0.05, 0) is 31.5 Å². The first-order chi connectivity index (χ1) is 8.88. The van der Waals surface area contributed by atoms with Gasteiger partial charge in [0.25, 0.3) is 0 Å². The molecule has 1 fully saturated rings. The van der Waals surface area contributed by atoms with Gasteiger partial charge in [-0.1, -0.05) is 0 Å². The van der Waals surface area contributed by atoms with Crippen molar-refractivity contribution in [2.24, 2.45) is 5.92 Å². The molecule has 6 heteroatoms. The highest BCUT2D eigenvalue weighted by atomic mass is 19.4. The largest absolute Gasteiger partial charge is 0.416 e. The summed E-state index contributed by atoms with van der Waals surface area (Å²) < 4.78 is 42.8. The highest BCUT2D eigenvalue weighted by Crippen LogP contribution is 2.33. The third-order valence-electron chi connectivity index (χ3n) is 3.43. The lowest BCUT2D eigenvalue weighted by Gasteiger charge is -2.22. The van der Waals surface area contributed by atoms with Crippen molar-refractivity contribution in [2.75, 3.05) is 24.3 Å². The predicted octanol–water partition coefficient (Wildman–Crippen LogP) is 3.12. The van der Waals surface area contributed by atoms with Crippen LogP contribution in [0.3, 0.4) is 0 Å². The monoisotopic (exact) mass is 274 g/mol. The molecule has 0 saturated carbocycles. The van der Waals surface area contributed by atoms with E-state index in [1.54, 1.807) is 0 Å². The third kappa shape index (κ3) is 3.32. The van der Waals surface area contributed by atoms with Gasteiger partial charge >= 0.3 is 6.18 Å². The average Bonchev–Trinajstić information content (AvgIpc) is 2.84. The fourth-order valence-electron chi connectivity index (χ4n) is 2.18. The number of halogens is 3. The fourth-order valence-corrected chi connectivity index (χ4v) is 2.18. The van der Waals surface area contributed by atoms with Gasteiger partial charge in [-0.2, -0.15) is 13.2 Å². The van der Waals surface area contributed by atoms with E-state index in [0.717, 1.165) is 25.2 Å². The van der Waals surface area contributed by atoms with Crippen LogP contribution >= 0.6 is 0 Å². The number of nitrogens with two attached hydrogens (primary N) is 1. The van der Waals surface area contributed by atoms with Gasteiger partial charge in [-0.3, -0.25) is 0 Å². The van der Waals surface area contributed by atoms with Crippen LogP contribution in [0, 0.1) is 5.92 Å². The second-order valence-corrected chi connectivity index (χ2v) is 4.86. The van der Waals surface area contributed by atoms with E-state index in [0.29, 0.717) is 18.2 Å². The molecule has 19 heavy (non-hydrogen) atoms. The molecule has 0 aliphatic carbocycles. The Labute approximate surface area is 109 Å². The highest BCUT2D eigenvalue weighted by molar-refractivity contribution is 5.67. The minimum Gasteiger partial charge on any atom is -0.397 e. The number of hydrogen-bond donors (Lipinski definition) is 2. The Morgan fingerprint density at radius 2 is 2.16 bits per heavy atom. The molecular formula is C13H17F3N2O. The topological polar surface area (TPSA) is 47.3 Å². The van der Waals surface area contributed by atoms with Crippen LogP contribution in [-0.4, -0.2) is 19.3 Å². The molecule has 3 nitrogen and oxygen atoms in total. The molecule has 1 saturated heterocycles. The van der Waals surface area contributed by atoms with Gasteiger partial charge in [-0.15, -0.1) is 0 Å². The number of nitrogen functional groups attached to an aromatic ring is 1. The summed E-state index contributed by atoms with van der Waals surface area (Å²) in [5.41, 5.74) is 5.59. The molecule has 3 N–H and O–H groups in total. The number of anilines is 2. The normalized spacial score (nSPS) is 21.4. The number of hydrogen-bond acceptors (Lipinski definition) is 3. The van der Waals surface area contributed by atoms with Gasteiger partial charge < -0.3 is 15.8 Å². The first-order valence-electron chi connectivity index (χ1n) is 6.19. The molecule has 1 heterocycles. The Bertz CT molecular complexity index is 442. The maximum atomic E-state index is 12.5. The smallest absolute Gasteiger partial charge is 0.397 e. The van der Waals surface area contributed by atoms with Gasteiger partial charge in [0.15, 0.2) is 0 Å². The summed E-state index contributed by atoms with van der Waals surface area (Å²) in [5, 5.41) is 3.16. The Kier molecular flexibility index (Phi) is 3.89. The SMILES string of the molecule is CC(Nc1ccc(C(F)(F)F)cc1N)C1CCOC1. The van der Waals surface area contributed by atoms with Crippen molar-refractivity contribution in [3.8, 4) is 0 Å². The second kappa shape index (κ2) is 5.28. The minimum absolute atomic E-state index is 0.112. The predicted molar refractivity (Wildman–Crippen MR) is 67.9 cm³/mol. The zero-order valence-corrected chi connectivity index (χ0v) is 10.6. The summed E-state index contributed by atoms with van der Waals surface area (Å²) in [4.78, 5) is 0. The van der Waals surface area contributed by atoms with E-state index >= 15 is 0 Å². The third-order valence-corrected chi connectivity index (χ3v) is 3.43. The summed E-state index contributed by atoms with van der Waals surface area (Å²) in [6, 6.07) is 3.49. The highest BCUT2D eigenvalue weighted by Gasteiger charge is 2.31. The van der Waals surface area contributed by atoms with Crippen molar-refractivity contribution in [2.45, 2.75) is 25.6 Å². The molecule has 0 aromatic heterocycles. The van der Waals surface area contributed by atoms with E-state index in [4.69, 9.17) is 10.5 Å². The molecule has 0 amide bonds.